The van der Waals surface area contributed by atoms with Gasteiger partial charge in [-0.25, -0.2) is 8.78 Å². The predicted octanol–water partition coefficient (Wildman–Crippen LogP) is 4.50. The lowest BCUT2D eigenvalue weighted by atomic mass is 10.2. The van der Waals surface area contributed by atoms with Gasteiger partial charge in [0.05, 0.1) is 4.90 Å². The van der Waals surface area contributed by atoms with Gasteiger partial charge in [-0.15, -0.1) is 11.8 Å². The molecule has 1 saturated carbocycles. The van der Waals surface area contributed by atoms with E-state index in [1.807, 2.05) is 0 Å². The third-order valence-electron chi connectivity index (χ3n) is 3.22. The summed E-state index contributed by atoms with van der Waals surface area (Å²) in [5.74, 6) is -0.0651. The fourth-order valence-corrected chi connectivity index (χ4v) is 2.87. The second-order valence-corrected chi connectivity index (χ2v) is 6.20. The third kappa shape index (κ3) is 4.77. The molecule has 0 aliphatic heterocycles. The molecule has 0 saturated heterocycles. The van der Waals surface area contributed by atoms with E-state index in [-0.39, 0.29) is 4.90 Å². The van der Waals surface area contributed by atoms with Crippen molar-refractivity contribution in [3.63, 3.8) is 0 Å². The summed E-state index contributed by atoms with van der Waals surface area (Å²) < 4.78 is 27.7. The van der Waals surface area contributed by atoms with Crippen molar-refractivity contribution in [3.05, 3.63) is 29.3 Å². The Morgan fingerprint density at radius 2 is 1.89 bits per heavy atom. The van der Waals surface area contributed by atoms with E-state index >= 15 is 0 Å². The maximum atomic E-state index is 13.9. The highest BCUT2D eigenvalue weighted by Crippen LogP contribution is 2.28. The number of rotatable bonds is 8. The molecule has 0 bridgehead atoms. The molecule has 1 N–H and O–H groups in total. The second-order valence-electron chi connectivity index (χ2n) is 5.10. The molecule has 4 heteroatoms. The molecule has 1 aliphatic rings. The van der Waals surface area contributed by atoms with E-state index in [2.05, 4.69) is 12.2 Å². The Labute approximate surface area is 118 Å². The van der Waals surface area contributed by atoms with Crippen LogP contribution < -0.4 is 5.32 Å². The molecular weight excluding hydrogens is 264 g/mol. The third-order valence-corrected chi connectivity index (χ3v) is 4.40. The van der Waals surface area contributed by atoms with Gasteiger partial charge in [-0.3, -0.25) is 0 Å². The van der Waals surface area contributed by atoms with Gasteiger partial charge < -0.3 is 5.32 Å². The number of unbranched alkanes of at least 4 members (excludes halogenated alkanes) is 2. The van der Waals surface area contributed by atoms with Crippen LogP contribution in [0.1, 0.15) is 44.6 Å². The lowest BCUT2D eigenvalue weighted by Gasteiger charge is -2.08. The molecule has 1 aliphatic carbocycles. The molecular formula is C15H21F2NS. The van der Waals surface area contributed by atoms with E-state index < -0.39 is 11.6 Å². The normalized spacial score (nSPS) is 14.9. The van der Waals surface area contributed by atoms with Crippen LogP contribution in [0.3, 0.4) is 0 Å². The zero-order valence-electron chi connectivity index (χ0n) is 11.3. The standard InChI is InChI=1S/C15H21F2NS/c1-2-3-4-7-19-15-13(16)8-11(9-14(15)17)10-18-12-5-6-12/h8-9,12,18H,2-7,10H2,1H3. The Bertz CT molecular complexity index is 396. The molecule has 2 rings (SSSR count). The first-order chi connectivity index (χ1) is 9.20. The number of hydrogen-bond donors (Lipinski definition) is 1. The first kappa shape index (κ1) is 14.8. The van der Waals surface area contributed by atoms with Crippen LogP contribution in [0, 0.1) is 11.6 Å². The maximum Gasteiger partial charge on any atom is 0.140 e. The fraction of sp³-hybridized carbons (Fsp3) is 0.600. The number of benzene rings is 1. The summed E-state index contributed by atoms with van der Waals surface area (Å²) in [7, 11) is 0. The van der Waals surface area contributed by atoms with E-state index in [4.69, 9.17) is 0 Å². The van der Waals surface area contributed by atoms with E-state index in [1.54, 1.807) is 0 Å². The van der Waals surface area contributed by atoms with Gasteiger partial charge in [0.15, 0.2) is 0 Å². The van der Waals surface area contributed by atoms with Crippen LogP contribution in [0.5, 0.6) is 0 Å². The SMILES string of the molecule is CCCCCSc1c(F)cc(CNC2CC2)cc1F. The summed E-state index contributed by atoms with van der Waals surface area (Å²) in [4.78, 5) is 0.172. The maximum absolute atomic E-state index is 13.9. The van der Waals surface area contributed by atoms with E-state index in [0.717, 1.165) is 25.0 Å². The zero-order valence-corrected chi connectivity index (χ0v) is 12.2. The number of nitrogens with one attached hydrogen (secondary N) is 1. The lowest BCUT2D eigenvalue weighted by molar-refractivity contribution is 0.534. The molecule has 0 heterocycles. The lowest BCUT2D eigenvalue weighted by Crippen LogP contribution is -2.15. The number of hydrogen-bond acceptors (Lipinski definition) is 2. The molecule has 106 valence electrons. The van der Waals surface area contributed by atoms with Crippen molar-refractivity contribution in [2.45, 2.75) is 56.5 Å². The molecule has 0 unspecified atom stereocenters. The van der Waals surface area contributed by atoms with Crippen molar-refractivity contribution in [3.8, 4) is 0 Å². The number of thioether (sulfide) groups is 1. The summed E-state index contributed by atoms with van der Waals surface area (Å²) in [6.45, 7) is 2.67. The Kier molecular flexibility index (Phi) is 5.64. The highest BCUT2D eigenvalue weighted by atomic mass is 32.2. The van der Waals surface area contributed by atoms with Crippen LogP contribution >= 0.6 is 11.8 Å². The molecule has 1 nitrogen and oxygen atoms in total. The quantitative estimate of drug-likeness (QED) is 0.557. The minimum absolute atomic E-state index is 0.172. The minimum Gasteiger partial charge on any atom is -0.310 e. The van der Waals surface area contributed by atoms with Gasteiger partial charge in [0.25, 0.3) is 0 Å². The van der Waals surface area contributed by atoms with Crippen LogP contribution in [0.15, 0.2) is 17.0 Å². The number of halogens is 2. The van der Waals surface area contributed by atoms with Crippen molar-refractivity contribution in [2.75, 3.05) is 5.75 Å². The van der Waals surface area contributed by atoms with Crippen molar-refractivity contribution < 1.29 is 8.78 Å². The summed E-state index contributed by atoms with van der Waals surface area (Å²) in [6, 6.07) is 3.47. The smallest absolute Gasteiger partial charge is 0.140 e. The van der Waals surface area contributed by atoms with E-state index in [0.29, 0.717) is 18.2 Å². The van der Waals surface area contributed by atoms with Crippen LogP contribution in [0.25, 0.3) is 0 Å². The van der Waals surface area contributed by atoms with Gasteiger partial charge in [-0.1, -0.05) is 19.8 Å². The van der Waals surface area contributed by atoms with Crippen molar-refractivity contribution in [2.24, 2.45) is 0 Å². The Morgan fingerprint density at radius 1 is 1.21 bits per heavy atom. The van der Waals surface area contributed by atoms with Crippen LogP contribution in [-0.2, 0) is 6.54 Å². The first-order valence-electron chi connectivity index (χ1n) is 7.04. The first-order valence-corrected chi connectivity index (χ1v) is 8.03. The molecule has 0 radical (unpaired) electrons. The van der Waals surface area contributed by atoms with Crippen molar-refractivity contribution in [1.29, 1.82) is 0 Å². The molecule has 1 aromatic rings. The molecule has 1 fully saturated rings. The second kappa shape index (κ2) is 7.25. The Balaban J connectivity index is 1.91. The monoisotopic (exact) mass is 285 g/mol. The van der Waals surface area contributed by atoms with Crippen LogP contribution in [0.2, 0.25) is 0 Å². The van der Waals surface area contributed by atoms with Gasteiger partial charge in [0, 0.05) is 12.6 Å². The Morgan fingerprint density at radius 3 is 2.47 bits per heavy atom. The largest absolute Gasteiger partial charge is 0.310 e. The van der Waals surface area contributed by atoms with Crippen molar-refractivity contribution in [1.82, 2.24) is 5.32 Å². The Hall–Kier alpha value is -0.610. The van der Waals surface area contributed by atoms with Crippen LogP contribution in [-0.4, -0.2) is 11.8 Å². The topological polar surface area (TPSA) is 12.0 Å². The van der Waals surface area contributed by atoms with Crippen molar-refractivity contribution >= 4 is 11.8 Å². The summed E-state index contributed by atoms with van der Waals surface area (Å²) in [6.07, 6.45) is 5.59. The highest BCUT2D eigenvalue weighted by Gasteiger charge is 2.20. The van der Waals surface area contributed by atoms with E-state index in [9.17, 15) is 8.78 Å². The predicted molar refractivity (Wildman–Crippen MR) is 76.5 cm³/mol. The highest BCUT2D eigenvalue weighted by molar-refractivity contribution is 7.99. The van der Waals surface area contributed by atoms with Gasteiger partial charge in [-0.05, 0) is 42.7 Å². The average molecular weight is 285 g/mol. The van der Waals surface area contributed by atoms with Gasteiger partial charge >= 0.3 is 0 Å². The summed E-state index contributed by atoms with van der Waals surface area (Å²) in [5, 5.41) is 3.27. The average Bonchev–Trinajstić information content (AvgIpc) is 3.18. The summed E-state index contributed by atoms with van der Waals surface area (Å²) >= 11 is 1.29. The van der Waals surface area contributed by atoms with Gasteiger partial charge in [-0.2, -0.15) is 0 Å². The molecule has 19 heavy (non-hydrogen) atoms. The fourth-order valence-electron chi connectivity index (χ4n) is 1.93. The molecule has 0 aromatic heterocycles. The van der Waals surface area contributed by atoms with E-state index in [1.165, 1.54) is 36.7 Å². The molecule has 0 spiro atoms. The zero-order chi connectivity index (χ0) is 13.7. The molecule has 1 aromatic carbocycles. The molecule has 0 atom stereocenters. The van der Waals surface area contributed by atoms with Gasteiger partial charge in [0.1, 0.15) is 11.6 Å². The summed E-state index contributed by atoms with van der Waals surface area (Å²) in [5.41, 5.74) is 0.694. The van der Waals surface area contributed by atoms with Gasteiger partial charge in [0.2, 0.25) is 0 Å². The molecule has 0 amide bonds. The minimum atomic E-state index is -0.422. The van der Waals surface area contributed by atoms with Crippen LogP contribution in [0.4, 0.5) is 8.78 Å².